The average Bonchev–Trinajstić information content (AvgIpc) is 2.27. The largest absolute Gasteiger partial charge is 0.300 e. The molecule has 1 heterocycles. The van der Waals surface area contributed by atoms with Crippen LogP contribution in [0.2, 0.25) is 0 Å². The molecular weight excluding hydrogens is 210 g/mol. The van der Waals surface area contributed by atoms with Crippen molar-refractivity contribution in [3.05, 3.63) is 12.2 Å². The summed E-state index contributed by atoms with van der Waals surface area (Å²) in [6.45, 7) is 7.30. The molecule has 0 atom stereocenters. The number of rotatable bonds is 4. The number of hydrogen-bond donors (Lipinski definition) is 0. The predicted octanol–water partition coefficient (Wildman–Crippen LogP) is 3.03. The van der Waals surface area contributed by atoms with Crippen LogP contribution in [0.15, 0.2) is 12.2 Å². The van der Waals surface area contributed by atoms with Crippen LogP contribution in [0, 0.1) is 11.3 Å². The van der Waals surface area contributed by atoms with E-state index in [1.54, 1.807) is 6.08 Å². The van der Waals surface area contributed by atoms with Crippen LogP contribution in [0.5, 0.6) is 0 Å². The molecule has 0 aromatic rings. The molecule has 1 spiro atoms. The normalized spacial score (nSPS) is 24.4. The highest BCUT2D eigenvalue weighted by atomic mass is 16.1. The van der Waals surface area contributed by atoms with Crippen LogP contribution in [0.1, 0.15) is 46.0 Å². The number of carbonyl (C=O) groups excluding carboxylic acids is 1. The van der Waals surface area contributed by atoms with E-state index >= 15 is 0 Å². The summed E-state index contributed by atoms with van der Waals surface area (Å²) < 4.78 is 0. The smallest absolute Gasteiger partial charge is 0.157 e. The van der Waals surface area contributed by atoms with Crippen molar-refractivity contribution >= 4 is 5.78 Å². The van der Waals surface area contributed by atoms with E-state index in [-0.39, 0.29) is 11.7 Å². The van der Waals surface area contributed by atoms with Gasteiger partial charge in [-0.05, 0) is 50.3 Å². The van der Waals surface area contributed by atoms with Gasteiger partial charge in [-0.3, -0.25) is 9.69 Å². The lowest BCUT2D eigenvalue weighted by molar-refractivity contribution is -0.117. The minimum atomic E-state index is 0.130. The molecule has 2 fully saturated rings. The Morgan fingerprint density at radius 2 is 1.88 bits per heavy atom. The molecule has 17 heavy (non-hydrogen) atoms. The van der Waals surface area contributed by atoms with E-state index < -0.39 is 0 Å². The molecule has 0 aromatic heterocycles. The zero-order chi connectivity index (χ0) is 12.3. The fourth-order valence-electron chi connectivity index (χ4n) is 2.90. The highest BCUT2D eigenvalue weighted by Gasteiger charge is 2.39. The summed E-state index contributed by atoms with van der Waals surface area (Å²) in [6.07, 6.45) is 10.9. The summed E-state index contributed by atoms with van der Waals surface area (Å²) in [7, 11) is 0. The van der Waals surface area contributed by atoms with Crippen LogP contribution in [0.4, 0.5) is 0 Å². The number of nitrogens with zero attached hydrogens (tertiary/aromatic N) is 1. The van der Waals surface area contributed by atoms with Gasteiger partial charge in [-0.15, -0.1) is 0 Å². The lowest BCUT2D eigenvalue weighted by Gasteiger charge is -2.47. The van der Waals surface area contributed by atoms with Crippen molar-refractivity contribution in [2.45, 2.75) is 46.0 Å². The number of hydrogen-bond acceptors (Lipinski definition) is 2. The van der Waals surface area contributed by atoms with Gasteiger partial charge in [0.1, 0.15) is 0 Å². The summed E-state index contributed by atoms with van der Waals surface area (Å²) >= 11 is 0. The first kappa shape index (κ1) is 12.8. The zero-order valence-electron chi connectivity index (χ0n) is 11.2. The second-order valence-corrected chi connectivity index (χ2v) is 6.11. The molecule has 0 unspecified atom stereocenters. The molecule has 0 amide bonds. The zero-order valence-corrected chi connectivity index (χ0v) is 11.2. The van der Waals surface area contributed by atoms with Crippen molar-refractivity contribution in [2.24, 2.45) is 11.3 Å². The van der Waals surface area contributed by atoms with E-state index in [1.165, 1.54) is 45.2 Å². The molecule has 2 rings (SSSR count). The standard InChI is InChI=1S/C15H25NO/c1-13(2)14(17)5-3-10-16-11-8-15(9-12-16)6-4-7-15/h3,5,13H,4,6-12H2,1-2H3/b5-3+. The Kier molecular flexibility index (Phi) is 4.03. The first-order valence-electron chi connectivity index (χ1n) is 7.04. The highest BCUT2D eigenvalue weighted by molar-refractivity contribution is 5.91. The first-order valence-corrected chi connectivity index (χ1v) is 7.04. The molecule has 2 aliphatic rings. The van der Waals surface area contributed by atoms with Crippen LogP contribution < -0.4 is 0 Å². The van der Waals surface area contributed by atoms with Gasteiger partial charge in [0, 0.05) is 12.5 Å². The Bertz CT molecular complexity index is 292. The molecule has 96 valence electrons. The topological polar surface area (TPSA) is 20.3 Å². The van der Waals surface area contributed by atoms with Crippen molar-refractivity contribution < 1.29 is 4.79 Å². The lowest BCUT2D eigenvalue weighted by Crippen LogP contribution is -2.43. The van der Waals surface area contributed by atoms with Crippen molar-refractivity contribution in [3.8, 4) is 0 Å². The number of carbonyl (C=O) groups is 1. The average molecular weight is 235 g/mol. The molecular formula is C15H25NO. The Morgan fingerprint density at radius 1 is 1.24 bits per heavy atom. The summed E-state index contributed by atoms with van der Waals surface area (Å²) in [5.41, 5.74) is 0.730. The maximum Gasteiger partial charge on any atom is 0.157 e. The van der Waals surface area contributed by atoms with Gasteiger partial charge in [0.25, 0.3) is 0 Å². The molecule has 0 radical (unpaired) electrons. The molecule has 1 saturated carbocycles. The maximum absolute atomic E-state index is 11.4. The monoisotopic (exact) mass is 235 g/mol. The lowest BCUT2D eigenvalue weighted by atomic mass is 9.63. The van der Waals surface area contributed by atoms with E-state index in [1.807, 2.05) is 19.9 Å². The van der Waals surface area contributed by atoms with Crippen molar-refractivity contribution in [2.75, 3.05) is 19.6 Å². The van der Waals surface area contributed by atoms with Gasteiger partial charge in [0.05, 0.1) is 0 Å². The third kappa shape index (κ3) is 3.19. The van der Waals surface area contributed by atoms with Crippen LogP contribution in [-0.4, -0.2) is 30.3 Å². The molecule has 2 nitrogen and oxygen atoms in total. The minimum absolute atomic E-state index is 0.130. The van der Waals surface area contributed by atoms with Crippen molar-refractivity contribution in [1.29, 1.82) is 0 Å². The van der Waals surface area contributed by atoms with Gasteiger partial charge < -0.3 is 0 Å². The SMILES string of the molecule is CC(C)C(=O)/C=C/CN1CCC2(CCC2)CC1. The van der Waals surface area contributed by atoms with Gasteiger partial charge in [-0.2, -0.15) is 0 Å². The molecule has 0 N–H and O–H groups in total. The van der Waals surface area contributed by atoms with Crippen molar-refractivity contribution in [3.63, 3.8) is 0 Å². The molecule has 1 saturated heterocycles. The minimum Gasteiger partial charge on any atom is -0.300 e. The molecule has 0 bridgehead atoms. The summed E-state index contributed by atoms with van der Waals surface area (Å²) in [6, 6.07) is 0. The quantitative estimate of drug-likeness (QED) is 0.698. The third-order valence-corrected chi connectivity index (χ3v) is 4.55. The van der Waals surface area contributed by atoms with E-state index in [2.05, 4.69) is 4.90 Å². The summed E-state index contributed by atoms with van der Waals surface area (Å²) in [5.74, 6) is 0.378. The number of allylic oxidation sites excluding steroid dienone is 1. The fourth-order valence-corrected chi connectivity index (χ4v) is 2.90. The Labute approximate surface area is 105 Å². The van der Waals surface area contributed by atoms with Gasteiger partial charge in [-0.25, -0.2) is 0 Å². The van der Waals surface area contributed by atoms with Crippen LogP contribution >= 0.6 is 0 Å². The molecule has 0 aromatic carbocycles. The van der Waals surface area contributed by atoms with Crippen LogP contribution in [0.25, 0.3) is 0 Å². The number of likely N-dealkylation sites (tertiary alicyclic amines) is 1. The number of piperidine rings is 1. The number of ketones is 1. The van der Waals surface area contributed by atoms with E-state index in [4.69, 9.17) is 0 Å². The summed E-state index contributed by atoms with van der Waals surface area (Å²) in [5, 5.41) is 0. The highest BCUT2D eigenvalue weighted by Crippen LogP contribution is 2.48. The Morgan fingerprint density at radius 3 is 2.35 bits per heavy atom. The predicted molar refractivity (Wildman–Crippen MR) is 70.9 cm³/mol. The maximum atomic E-state index is 11.4. The van der Waals surface area contributed by atoms with Gasteiger partial charge in [-0.1, -0.05) is 26.3 Å². The first-order chi connectivity index (χ1) is 8.11. The van der Waals surface area contributed by atoms with E-state index in [0.29, 0.717) is 0 Å². The molecule has 1 aliphatic carbocycles. The Hall–Kier alpha value is -0.630. The van der Waals surface area contributed by atoms with E-state index in [9.17, 15) is 4.79 Å². The van der Waals surface area contributed by atoms with Crippen molar-refractivity contribution in [1.82, 2.24) is 4.90 Å². The van der Waals surface area contributed by atoms with Crippen LogP contribution in [-0.2, 0) is 4.79 Å². The second kappa shape index (κ2) is 5.34. The fraction of sp³-hybridized carbons (Fsp3) is 0.800. The van der Waals surface area contributed by atoms with Gasteiger partial charge in [0.2, 0.25) is 0 Å². The molecule has 1 aliphatic heterocycles. The third-order valence-electron chi connectivity index (χ3n) is 4.55. The summed E-state index contributed by atoms with van der Waals surface area (Å²) in [4.78, 5) is 13.9. The second-order valence-electron chi connectivity index (χ2n) is 6.11. The van der Waals surface area contributed by atoms with E-state index in [0.717, 1.165) is 12.0 Å². The Balaban J connectivity index is 1.69. The van der Waals surface area contributed by atoms with Gasteiger partial charge >= 0.3 is 0 Å². The van der Waals surface area contributed by atoms with Crippen LogP contribution in [0.3, 0.4) is 0 Å². The van der Waals surface area contributed by atoms with Gasteiger partial charge in [0.15, 0.2) is 5.78 Å². The molecule has 2 heteroatoms.